The average molecular weight is 320 g/mol. The maximum absolute atomic E-state index is 12.8. The molecular weight excluding hydrogens is 300 g/mol. The van der Waals surface area contributed by atoms with Crippen molar-refractivity contribution in [3.05, 3.63) is 29.1 Å². The van der Waals surface area contributed by atoms with Crippen molar-refractivity contribution in [2.45, 2.75) is 38.8 Å². The molecule has 2 aromatic rings. The second-order valence-electron chi connectivity index (χ2n) is 5.50. The zero-order valence-electron chi connectivity index (χ0n) is 12.9. The Balaban J connectivity index is 1.70. The van der Waals surface area contributed by atoms with Crippen molar-refractivity contribution >= 4 is 22.4 Å². The van der Waals surface area contributed by atoms with Crippen LogP contribution < -0.4 is 4.90 Å². The summed E-state index contributed by atoms with van der Waals surface area (Å²) in [6.07, 6.45) is 6.14. The molecule has 0 unspecified atom stereocenters. The van der Waals surface area contributed by atoms with Crippen molar-refractivity contribution in [1.82, 2.24) is 15.0 Å². The average Bonchev–Trinajstić information content (AvgIpc) is 3.26. The highest BCUT2D eigenvalue weighted by atomic mass is 32.1. The second-order valence-corrected chi connectivity index (χ2v) is 6.37. The fraction of sp³-hybridized carbons (Fsp3) is 0.533. The van der Waals surface area contributed by atoms with Crippen molar-refractivity contribution in [3.63, 3.8) is 0 Å². The quantitative estimate of drug-likeness (QED) is 0.846. The Labute approximate surface area is 133 Å². The first-order chi connectivity index (χ1) is 10.7. The molecule has 1 amide bonds. The molecule has 0 N–H and O–H groups in total. The number of anilines is 1. The molecular formula is C15H20N4O2S. The van der Waals surface area contributed by atoms with E-state index in [2.05, 4.69) is 15.0 Å². The van der Waals surface area contributed by atoms with E-state index in [-0.39, 0.29) is 11.9 Å². The molecule has 0 aliphatic carbocycles. The van der Waals surface area contributed by atoms with Gasteiger partial charge in [-0.3, -0.25) is 4.79 Å². The number of amides is 1. The SMILES string of the molecule is CCc1nocc1CN(C)C(=O)[C@@H]1CCCN1c1nccs1. The maximum atomic E-state index is 12.8. The minimum Gasteiger partial charge on any atom is -0.364 e. The lowest BCUT2D eigenvalue weighted by Gasteiger charge is -2.27. The number of likely N-dealkylation sites (N-methyl/N-ethyl adjacent to an activating group) is 1. The van der Waals surface area contributed by atoms with Crippen molar-refractivity contribution < 1.29 is 9.32 Å². The number of hydrogen-bond donors (Lipinski definition) is 0. The molecule has 0 bridgehead atoms. The molecule has 7 heteroatoms. The van der Waals surface area contributed by atoms with Gasteiger partial charge in [0.15, 0.2) is 5.13 Å². The molecule has 1 fully saturated rings. The van der Waals surface area contributed by atoms with E-state index in [0.717, 1.165) is 42.2 Å². The third kappa shape index (κ3) is 2.85. The summed E-state index contributed by atoms with van der Waals surface area (Å²) in [5, 5.41) is 6.85. The van der Waals surface area contributed by atoms with Crippen LogP contribution >= 0.6 is 11.3 Å². The fourth-order valence-electron chi connectivity index (χ4n) is 2.90. The standard InChI is InChI=1S/C15H20N4O2S/c1-3-12-11(10-21-17-12)9-18(2)14(20)13-5-4-7-19(13)15-16-6-8-22-15/h6,8,10,13H,3-5,7,9H2,1-2H3/t13-/m0/s1. The van der Waals surface area contributed by atoms with Crippen LogP contribution in [0.4, 0.5) is 5.13 Å². The Morgan fingerprint density at radius 3 is 3.18 bits per heavy atom. The van der Waals surface area contributed by atoms with Crippen LogP contribution in [0, 0.1) is 0 Å². The van der Waals surface area contributed by atoms with Crippen LogP contribution in [-0.4, -0.2) is 40.6 Å². The Bertz CT molecular complexity index is 625. The third-order valence-corrected chi connectivity index (χ3v) is 4.86. The Kier molecular flexibility index (Phi) is 4.42. The summed E-state index contributed by atoms with van der Waals surface area (Å²) in [6, 6.07) is -0.110. The number of aryl methyl sites for hydroxylation is 1. The highest BCUT2D eigenvalue weighted by molar-refractivity contribution is 7.13. The van der Waals surface area contributed by atoms with E-state index in [1.165, 1.54) is 0 Å². The summed E-state index contributed by atoms with van der Waals surface area (Å²) in [5.41, 5.74) is 1.90. The summed E-state index contributed by atoms with van der Waals surface area (Å²) in [5.74, 6) is 0.135. The fourth-order valence-corrected chi connectivity index (χ4v) is 3.62. The number of rotatable bonds is 5. The van der Waals surface area contributed by atoms with E-state index in [0.29, 0.717) is 6.54 Å². The molecule has 1 aliphatic heterocycles. The molecule has 0 radical (unpaired) electrons. The third-order valence-electron chi connectivity index (χ3n) is 4.05. The van der Waals surface area contributed by atoms with E-state index in [1.54, 1.807) is 28.7 Å². The molecule has 22 heavy (non-hydrogen) atoms. The second kappa shape index (κ2) is 6.48. The van der Waals surface area contributed by atoms with E-state index in [4.69, 9.17) is 4.52 Å². The molecule has 1 aliphatic rings. The summed E-state index contributed by atoms with van der Waals surface area (Å²) < 4.78 is 5.02. The van der Waals surface area contributed by atoms with Crippen molar-refractivity contribution in [2.24, 2.45) is 0 Å². The van der Waals surface area contributed by atoms with Crippen molar-refractivity contribution in [3.8, 4) is 0 Å². The number of aromatic nitrogens is 2. The van der Waals surface area contributed by atoms with Crippen LogP contribution in [0.15, 0.2) is 22.4 Å². The van der Waals surface area contributed by atoms with E-state index in [9.17, 15) is 4.79 Å². The molecule has 6 nitrogen and oxygen atoms in total. The topological polar surface area (TPSA) is 62.5 Å². The maximum Gasteiger partial charge on any atom is 0.245 e. The Morgan fingerprint density at radius 1 is 1.59 bits per heavy atom. The van der Waals surface area contributed by atoms with Crippen molar-refractivity contribution in [2.75, 3.05) is 18.5 Å². The predicted octanol–water partition coefficient (Wildman–Crippen LogP) is 2.32. The molecule has 0 saturated carbocycles. The van der Waals surface area contributed by atoms with Gasteiger partial charge in [0.25, 0.3) is 0 Å². The molecule has 0 spiro atoms. The first-order valence-corrected chi connectivity index (χ1v) is 8.42. The summed E-state index contributed by atoms with van der Waals surface area (Å²) >= 11 is 1.58. The van der Waals surface area contributed by atoms with Gasteiger partial charge in [-0.25, -0.2) is 4.98 Å². The zero-order chi connectivity index (χ0) is 15.5. The lowest BCUT2D eigenvalue weighted by molar-refractivity contribution is -0.131. The zero-order valence-corrected chi connectivity index (χ0v) is 13.7. The lowest BCUT2D eigenvalue weighted by atomic mass is 10.1. The summed E-state index contributed by atoms with van der Waals surface area (Å²) in [4.78, 5) is 21.0. The Morgan fingerprint density at radius 2 is 2.45 bits per heavy atom. The van der Waals surface area contributed by atoms with Gasteiger partial charge in [0.2, 0.25) is 5.91 Å². The summed E-state index contributed by atoms with van der Waals surface area (Å²) in [6.45, 7) is 3.46. The normalized spacial score (nSPS) is 17.9. The molecule has 1 atom stereocenters. The van der Waals surface area contributed by atoms with Crippen LogP contribution in [-0.2, 0) is 17.8 Å². The van der Waals surface area contributed by atoms with Gasteiger partial charge in [0, 0.05) is 30.7 Å². The highest BCUT2D eigenvalue weighted by Gasteiger charge is 2.34. The predicted molar refractivity (Wildman–Crippen MR) is 84.8 cm³/mol. The molecule has 1 saturated heterocycles. The van der Waals surface area contributed by atoms with Crippen LogP contribution in [0.2, 0.25) is 0 Å². The van der Waals surface area contributed by atoms with Gasteiger partial charge in [-0.2, -0.15) is 0 Å². The van der Waals surface area contributed by atoms with Gasteiger partial charge in [-0.05, 0) is 19.3 Å². The van der Waals surface area contributed by atoms with Gasteiger partial charge in [0.05, 0.1) is 12.2 Å². The summed E-state index contributed by atoms with van der Waals surface area (Å²) in [7, 11) is 1.84. The first kappa shape index (κ1) is 15.0. The molecule has 3 rings (SSSR count). The molecule has 3 heterocycles. The first-order valence-electron chi connectivity index (χ1n) is 7.54. The molecule has 2 aromatic heterocycles. The number of thiazole rings is 1. The molecule has 118 valence electrons. The van der Waals surface area contributed by atoms with Gasteiger partial charge in [-0.15, -0.1) is 11.3 Å². The van der Waals surface area contributed by atoms with Crippen molar-refractivity contribution in [1.29, 1.82) is 0 Å². The van der Waals surface area contributed by atoms with Crippen LogP contribution in [0.25, 0.3) is 0 Å². The van der Waals surface area contributed by atoms with Crippen LogP contribution in [0.3, 0.4) is 0 Å². The minimum atomic E-state index is -0.110. The number of carbonyl (C=O) groups is 1. The van der Waals surface area contributed by atoms with E-state index < -0.39 is 0 Å². The number of nitrogens with zero attached hydrogens (tertiary/aromatic N) is 4. The largest absolute Gasteiger partial charge is 0.364 e. The van der Waals surface area contributed by atoms with Gasteiger partial charge in [-0.1, -0.05) is 12.1 Å². The monoisotopic (exact) mass is 320 g/mol. The Hall–Kier alpha value is -1.89. The van der Waals surface area contributed by atoms with E-state index >= 15 is 0 Å². The minimum absolute atomic E-state index is 0.110. The number of hydrogen-bond acceptors (Lipinski definition) is 6. The molecule has 0 aromatic carbocycles. The smallest absolute Gasteiger partial charge is 0.245 e. The van der Waals surface area contributed by atoms with Gasteiger partial charge >= 0.3 is 0 Å². The van der Waals surface area contributed by atoms with Crippen LogP contribution in [0.1, 0.15) is 31.0 Å². The lowest BCUT2D eigenvalue weighted by Crippen LogP contribution is -2.44. The highest BCUT2D eigenvalue weighted by Crippen LogP contribution is 2.28. The van der Waals surface area contributed by atoms with E-state index in [1.807, 2.05) is 19.4 Å². The van der Waals surface area contributed by atoms with Crippen LogP contribution in [0.5, 0.6) is 0 Å². The van der Waals surface area contributed by atoms with Gasteiger partial charge < -0.3 is 14.3 Å². The number of carbonyl (C=O) groups excluding carboxylic acids is 1. The van der Waals surface area contributed by atoms with Gasteiger partial charge in [0.1, 0.15) is 12.3 Å².